The molecule has 0 aliphatic heterocycles. The number of ketones is 1. The molecule has 5 aromatic rings. The van der Waals surface area contributed by atoms with Gasteiger partial charge >= 0.3 is 0 Å². The molecule has 0 spiro atoms. The third-order valence-electron chi connectivity index (χ3n) is 9.84. The average molecular weight is 674 g/mol. The maximum absolute atomic E-state index is 14.0. The van der Waals surface area contributed by atoms with Gasteiger partial charge in [-0.05, 0) is 74.3 Å². The first-order chi connectivity index (χ1) is 24.1. The Morgan fingerprint density at radius 1 is 0.920 bits per heavy atom. The molecule has 260 valence electrons. The number of carbonyl (C=O) groups is 2. The summed E-state index contributed by atoms with van der Waals surface area (Å²) >= 11 is 0. The van der Waals surface area contributed by atoms with E-state index < -0.39 is 5.92 Å². The molecule has 10 nitrogen and oxygen atoms in total. The standard InChI is InChI=1S/C40H47N7O3/c1-25(2)28-17-19-29(20-18-28)35(48)23-33(36-26(3)45-47(39(36)50)31-11-7-6-8-12-31)38(49)41-24-27-15-21-30(22-16-27)42-40-43-34-14-10-9-13-32(34)37(44-40)46(4)5/h6-14,17-20,25,27,30,33,45H,15-16,21-24H2,1-5H3,(H,41,49)(H,42,43,44). The summed E-state index contributed by atoms with van der Waals surface area (Å²) in [4.78, 5) is 53.0. The molecule has 0 radical (unpaired) electrons. The molecule has 1 atom stereocenters. The Labute approximate surface area is 293 Å². The van der Waals surface area contributed by atoms with Crippen LogP contribution in [0.5, 0.6) is 0 Å². The van der Waals surface area contributed by atoms with Gasteiger partial charge in [0, 0.05) is 49.7 Å². The van der Waals surface area contributed by atoms with E-state index in [1.165, 1.54) is 4.68 Å². The zero-order valence-corrected chi connectivity index (χ0v) is 29.6. The van der Waals surface area contributed by atoms with E-state index in [0.717, 1.165) is 48.0 Å². The van der Waals surface area contributed by atoms with Gasteiger partial charge in [-0.2, -0.15) is 4.98 Å². The fraction of sp³-hybridized carbons (Fsp3) is 0.375. The van der Waals surface area contributed by atoms with Crippen molar-refractivity contribution >= 4 is 34.4 Å². The van der Waals surface area contributed by atoms with Crippen LogP contribution in [0.2, 0.25) is 0 Å². The first kappa shape index (κ1) is 34.6. The van der Waals surface area contributed by atoms with Crippen molar-refractivity contribution in [1.29, 1.82) is 0 Å². The highest BCUT2D eigenvalue weighted by Gasteiger charge is 2.32. The quantitative estimate of drug-likeness (QED) is 0.125. The van der Waals surface area contributed by atoms with Crippen LogP contribution < -0.4 is 21.1 Å². The number of hydrogen-bond donors (Lipinski definition) is 3. The van der Waals surface area contributed by atoms with Crippen LogP contribution in [0.25, 0.3) is 16.6 Å². The van der Waals surface area contributed by atoms with Crippen LogP contribution in [0.3, 0.4) is 0 Å². The lowest BCUT2D eigenvalue weighted by molar-refractivity contribution is -0.122. The van der Waals surface area contributed by atoms with Crippen molar-refractivity contribution in [3.63, 3.8) is 0 Å². The molecule has 1 amide bonds. The molecule has 6 rings (SSSR count). The van der Waals surface area contributed by atoms with Gasteiger partial charge in [-0.15, -0.1) is 0 Å². The van der Waals surface area contributed by atoms with Gasteiger partial charge in [-0.3, -0.25) is 19.5 Å². The van der Waals surface area contributed by atoms with E-state index in [9.17, 15) is 14.4 Å². The molecule has 0 saturated heterocycles. The lowest BCUT2D eigenvalue weighted by Gasteiger charge is -2.30. The first-order valence-electron chi connectivity index (χ1n) is 17.6. The second-order valence-electron chi connectivity index (χ2n) is 14.0. The van der Waals surface area contributed by atoms with E-state index in [1.54, 1.807) is 6.92 Å². The number of fused-ring (bicyclic) bond motifs is 1. The number of nitrogens with zero attached hydrogens (tertiary/aromatic N) is 4. The second kappa shape index (κ2) is 15.1. The highest BCUT2D eigenvalue weighted by atomic mass is 16.2. The Bertz CT molecular complexity index is 2010. The van der Waals surface area contributed by atoms with Crippen molar-refractivity contribution in [2.24, 2.45) is 5.92 Å². The summed E-state index contributed by atoms with van der Waals surface area (Å²) in [6.07, 6.45) is 3.57. The molecule has 50 heavy (non-hydrogen) atoms. The van der Waals surface area contributed by atoms with Crippen LogP contribution >= 0.6 is 0 Å². The zero-order valence-electron chi connectivity index (χ0n) is 29.6. The van der Waals surface area contributed by atoms with E-state index in [1.807, 2.05) is 97.9 Å². The molecule has 1 aliphatic rings. The van der Waals surface area contributed by atoms with E-state index >= 15 is 0 Å². The van der Waals surface area contributed by atoms with E-state index in [4.69, 9.17) is 9.97 Å². The Hall–Kier alpha value is -5.25. The monoisotopic (exact) mass is 673 g/mol. The normalized spacial score (nSPS) is 16.7. The van der Waals surface area contributed by atoms with Crippen LogP contribution in [0.15, 0.2) is 83.7 Å². The Balaban J connectivity index is 1.14. The minimum Gasteiger partial charge on any atom is -0.362 e. The van der Waals surface area contributed by atoms with Crippen molar-refractivity contribution < 1.29 is 9.59 Å². The lowest BCUT2D eigenvalue weighted by atomic mass is 9.85. The van der Waals surface area contributed by atoms with Crippen molar-refractivity contribution in [2.75, 3.05) is 30.9 Å². The Kier molecular flexibility index (Phi) is 10.5. The molecule has 1 aliphatic carbocycles. The molecule has 10 heteroatoms. The number of amides is 1. The second-order valence-corrected chi connectivity index (χ2v) is 14.0. The number of Topliss-reactive ketones (excluding diaryl/α,β-unsaturated/α-hetero) is 1. The number of H-pyrrole nitrogens is 1. The molecule has 1 saturated carbocycles. The Morgan fingerprint density at radius 2 is 1.60 bits per heavy atom. The molecule has 0 bridgehead atoms. The molecule has 3 aromatic carbocycles. The number of rotatable bonds is 12. The van der Waals surface area contributed by atoms with Crippen molar-refractivity contribution in [2.45, 2.75) is 70.8 Å². The largest absolute Gasteiger partial charge is 0.362 e. The minimum atomic E-state index is -0.935. The van der Waals surface area contributed by atoms with Gasteiger partial charge in [-0.1, -0.05) is 68.4 Å². The summed E-state index contributed by atoms with van der Waals surface area (Å²) in [5.41, 5.74) is 3.80. The third-order valence-corrected chi connectivity index (χ3v) is 9.84. The van der Waals surface area contributed by atoms with Crippen LogP contribution in [0, 0.1) is 12.8 Å². The minimum absolute atomic E-state index is 0.104. The maximum atomic E-state index is 14.0. The number of para-hydroxylation sites is 2. The molecule has 2 aromatic heterocycles. The average Bonchev–Trinajstić information content (AvgIpc) is 3.42. The van der Waals surface area contributed by atoms with Crippen LogP contribution in [0.1, 0.15) is 85.0 Å². The van der Waals surface area contributed by atoms with Crippen LogP contribution in [-0.4, -0.2) is 58.1 Å². The van der Waals surface area contributed by atoms with Gasteiger partial charge in [0.05, 0.1) is 22.7 Å². The predicted molar refractivity (Wildman–Crippen MR) is 200 cm³/mol. The van der Waals surface area contributed by atoms with E-state index in [0.29, 0.717) is 40.9 Å². The van der Waals surface area contributed by atoms with Gasteiger partial charge < -0.3 is 15.5 Å². The number of hydrogen-bond acceptors (Lipinski definition) is 7. The zero-order chi connectivity index (χ0) is 35.4. The molecule has 1 unspecified atom stereocenters. The topological polar surface area (TPSA) is 125 Å². The summed E-state index contributed by atoms with van der Waals surface area (Å²) < 4.78 is 1.45. The summed E-state index contributed by atoms with van der Waals surface area (Å²) in [5.74, 6) is 0.700. The van der Waals surface area contributed by atoms with Crippen LogP contribution in [0.4, 0.5) is 11.8 Å². The fourth-order valence-corrected chi connectivity index (χ4v) is 6.94. The van der Waals surface area contributed by atoms with Crippen molar-refractivity contribution in [3.8, 4) is 5.69 Å². The van der Waals surface area contributed by atoms with Crippen molar-refractivity contribution in [3.05, 3.63) is 112 Å². The SMILES string of the molecule is Cc1[nH]n(-c2ccccc2)c(=O)c1C(CC(=O)c1ccc(C(C)C)cc1)C(=O)NCC1CCC(Nc2nc(N(C)C)c3ccccc3n2)CC1. The molecule has 2 heterocycles. The molecule has 1 fully saturated rings. The van der Waals surface area contributed by atoms with Gasteiger partial charge in [-0.25, -0.2) is 9.67 Å². The maximum Gasteiger partial charge on any atom is 0.275 e. The van der Waals surface area contributed by atoms with E-state index in [2.05, 4.69) is 29.6 Å². The highest BCUT2D eigenvalue weighted by molar-refractivity contribution is 6.00. The van der Waals surface area contributed by atoms with E-state index in [-0.39, 0.29) is 35.6 Å². The summed E-state index contributed by atoms with van der Waals surface area (Å²) in [5, 5.41) is 10.8. The number of aromatic amines is 1. The Morgan fingerprint density at radius 3 is 2.28 bits per heavy atom. The number of aromatic nitrogens is 4. The van der Waals surface area contributed by atoms with Crippen molar-refractivity contribution in [1.82, 2.24) is 25.1 Å². The number of aryl methyl sites for hydroxylation is 1. The van der Waals surface area contributed by atoms with Gasteiger partial charge in [0.25, 0.3) is 5.56 Å². The smallest absolute Gasteiger partial charge is 0.275 e. The first-order valence-corrected chi connectivity index (χ1v) is 17.6. The highest BCUT2D eigenvalue weighted by Crippen LogP contribution is 2.29. The third kappa shape index (κ3) is 7.64. The van der Waals surface area contributed by atoms with Gasteiger partial charge in [0.2, 0.25) is 11.9 Å². The molecule has 3 N–H and O–H groups in total. The fourth-order valence-electron chi connectivity index (χ4n) is 6.94. The van der Waals surface area contributed by atoms with Gasteiger partial charge in [0.1, 0.15) is 5.82 Å². The lowest BCUT2D eigenvalue weighted by Crippen LogP contribution is -2.38. The number of nitrogens with one attached hydrogen (secondary N) is 3. The van der Waals surface area contributed by atoms with Crippen LogP contribution in [-0.2, 0) is 4.79 Å². The number of anilines is 2. The summed E-state index contributed by atoms with van der Waals surface area (Å²) in [7, 11) is 3.97. The van der Waals surface area contributed by atoms with Gasteiger partial charge in [0.15, 0.2) is 5.78 Å². The molecular weight excluding hydrogens is 626 g/mol. The predicted octanol–water partition coefficient (Wildman–Crippen LogP) is 6.75. The summed E-state index contributed by atoms with van der Waals surface area (Å²) in [6, 6.07) is 25.0. The number of benzene rings is 3. The number of carbonyl (C=O) groups excluding carboxylic acids is 2. The molecular formula is C40H47N7O3. The summed E-state index contributed by atoms with van der Waals surface area (Å²) in [6.45, 7) is 6.47.